The van der Waals surface area contributed by atoms with Crippen molar-refractivity contribution < 1.29 is 4.79 Å². The Morgan fingerprint density at radius 2 is 1.70 bits per heavy atom. The quantitative estimate of drug-likeness (QED) is 0.793. The van der Waals surface area contributed by atoms with Crippen LogP contribution in [0.25, 0.3) is 0 Å². The highest BCUT2D eigenvalue weighted by Crippen LogP contribution is 2.34. The first-order valence-corrected chi connectivity index (χ1v) is 8.33. The Morgan fingerprint density at radius 1 is 1.04 bits per heavy atom. The van der Waals surface area contributed by atoms with Crippen LogP contribution in [0.5, 0.6) is 0 Å². The molecule has 0 unspecified atom stereocenters. The zero-order valence-corrected chi connectivity index (χ0v) is 13.8. The van der Waals surface area contributed by atoms with Crippen LogP contribution in [-0.2, 0) is 17.8 Å². The highest BCUT2D eigenvalue weighted by atomic mass is 32.1. The molecule has 0 N–H and O–H groups in total. The predicted octanol–water partition coefficient (Wildman–Crippen LogP) is 3.30. The average molecular weight is 322 g/mol. The smallest absolute Gasteiger partial charge is 0.252 e. The lowest BCUT2D eigenvalue weighted by Gasteiger charge is -2.30. The van der Waals surface area contributed by atoms with Gasteiger partial charge in [0, 0.05) is 13.0 Å². The molecule has 0 spiro atoms. The zero-order chi connectivity index (χ0) is 16.0. The molecular weight excluding hydrogens is 304 g/mol. The van der Waals surface area contributed by atoms with Gasteiger partial charge in [0.2, 0.25) is 0 Å². The van der Waals surface area contributed by atoms with Gasteiger partial charge in [-0.25, -0.2) is 0 Å². The number of nitrogens with zero attached hydrogens (tertiary/aromatic N) is 2. The molecule has 0 aromatic heterocycles. The van der Waals surface area contributed by atoms with E-state index in [0.717, 1.165) is 18.5 Å². The van der Waals surface area contributed by atoms with E-state index in [0.29, 0.717) is 5.11 Å². The number of carbonyl (C=O) groups excluding carboxylic acids is 1. The molecule has 2 aliphatic rings. The van der Waals surface area contributed by atoms with E-state index in [9.17, 15) is 4.79 Å². The van der Waals surface area contributed by atoms with Crippen LogP contribution in [0.1, 0.15) is 29.7 Å². The van der Waals surface area contributed by atoms with Gasteiger partial charge in [-0.15, -0.1) is 0 Å². The Balaban J connectivity index is 1.66. The summed E-state index contributed by atoms with van der Waals surface area (Å²) in [6, 6.07) is 18.2. The molecule has 0 saturated carbocycles. The van der Waals surface area contributed by atoms with Crippen LogP contribution in [0.2, 0.25) is 0 Å². The van der Waals surface area contributed by atoms with E-state index in [1.54, 1.807) is 4.90 Å². The molecule has 0 aliphatic carbocycles. The molecule has 0 bridgehead atoms. The minimum Gasteiger partial charge on any atom is -0.332 e. The first-order chi connectivity index (χ1) is 11.2. The number of amides is 1. The minimum atomic E-state index is -0.149. The van der Waals surface area contributed by atoms with E-state index in [-0.39, 0.29) is 18.0 Å². The SMILES string of the molecule is C[C@H](c1ccccc1)N1C(=O)[C@H]2Cc3ccccc3CN2C1=S. The second-order valence-corrected chi connectivity index (χ2v) is 6.56. The summed E-state index contributed by atoms with van der Waals surface area (Å²) in [6.45, 7) is 2.77. The number of carbonyl (C=O) groups is 1. The monoisotopic (exact) mass is 322 g/mol. The summed E-state index contributed by atoms with van der Waals surface area (Å²) >= 11 is 5.65. The standard InChI is InChI=1S/C19H18N2OS/c1-13(14-7-3-2-4-8-14)21-18(22)17-11-15-9-5-6-10-16(15)12-20(17)19(21)23/h2-10,13,17H,11-12H2,1H3/t13-,17-/m1/s1. The third-order valence-electron chi connectivity index (χ3n) is 4.89. The molecule has 2 aliphatic heterocycles. The first kappa shape index (κ1) is 14.4. The number of rotatable bonds is 2. The zero-order valence-electron chi connectivity index (χ0n) is 13.0. The normalized spacial score (nSPS) is 21.2. The Hall–Kier alpha value is -2.20. The third kappa shape index (κ3) is 2.25. The van der Waals surface area contributed by atoms with Gasteiger partial charge in [0.1, 0.15) is 6.04 Å². The Bertz CT molecular complexity index is 731. The van der Waals surface area contributed by atoms with Gasteiger partial charge < -0.3 is 4.90 Å². The molecule has 0 radical (unpaired) electrons. The Labute approximate surface area is 141 Å². The number of thiocarbonyl (C=S) groups is 1. The molecular formula is C19H18N2OS. The Kier molecular flexibility index (Phi) is 3.42. The number of hydrogen-bond acceptors (Lipinski definition) is 2. The van der Waals surface area contributed by atoms with Crippen molar-refractivity contribution >= 4 is 23.2 Å². The Morgan fingerprint density at radius 3 is 2.43 bits per heavy atom. The molecule has 2 aromatic rings. The van der Waals surface area contributed by atoms with E-state index in [1.807, 2.05) is 49.4 Å². The van der Waals surface area contributed by atoms with Crippen LogP contribution < -0.4 is 0 Å². The summed E-state index contributed by atoms with van der Waals surface area (Å²) in [7, 11) is 0. The largest absolute Gasteiger partial charge is 0.332 e. The molecule has 2 aromatic carbocycles. The van der Waals surface area contributed by atoms with Gasteiger partial charge in [-0.3, -0.25) is 9.69 Å². The third-order valence-corrected chi connectivity index (χ3v) is 5.32. The van der Waals surface area contributed by atoms with E-state index in [1.165, 1.54) is 11.1 Å². The molecule has 1 fully saturated rings. The van der Waals surface area contributed by atoms with E-state index < -0.39 is 0 Å². The van der Waals surface area contributed by atoms with Crippen LogP contribution in [0.4, 0.5) is 0 Å². The van der Waals surface area contributed by atoms with Gasteiger partial charge in [0.05, 0.1) is 6.04 Å². The van der Waals surface area contributed by atoms with Gasteiger partial charge in [0.15, 0.2) is 5.11 Å². The van der Waals surface area contributed by atoms with Crippen molar-refractivity contribution in [1.82, 2.24) is 9.80 Å². The highest BCUT2D eigenvalue weighted by molar-refractivity contribution is 7.80. The van der Waals surface area contributed by atoms with E-state index in [2.05, 4.69) is 17.0 Å². The maximum absolute atomic E-state index is 13.0. The van der Waals surface area contributed by atoms with Gasteiger partial charge in [-0.2, -0.15) is 0 Å². The summed E-state index contributed by atoms with van der Waals surface area (Å²) in [6.07, 6.45) is 0.743. The van der Waals surface area contributed by atoms with Crippen molar-refractivity contribution in [3.63, 3.8) is 0 Å². The van der Waals surface area contributed by atoms with Crippen molar-refractivity contribution in [2.24, 2.45) is 0 Å². The predicted molar refractivity (Wildman–Crippen MR) is 93.8 cm³/mol. The summed E-state index contributed by atoms with van der Waals surface area (Å²) in [5, 5.41) is 0.658. The summed E-state index contributed by atoms with van der Waals surface area (Å²) < 4.78 is 0. The number of fused-ring (bicyclic) bond motifs is 2. The molecule has 4 rings (SSSR count). The average Bonchev–Trinajstić information content (AvgIpc) is 2.84. The fraction of sp³-hybridized carbons (Fsp3) is 0.263. The minimum absolute atomic E-state index is 0.0371. The summed E-state index contributed by atoms with van der Waals surface area (Å²) in [5.74, 6) is 0.126. The molecule has 2 atom stereocenters. The lowest BCUT2D eigenvalue weighted by Crippen LogP contribution is -2.39. The summed E-state index contributed by atoms with van der Waals surface area (Å²) in [4.78, 5) is 16.8. The van der Waals surface area contributed by atoms with Crippen LogP contribution in [-0.4, -0.2) is 26.9 Å². The maximum atomic E-state index is 13.0. The van der Waals surface area contributed by atoms with Crippen molar-refractivity contribution in [3.8, 4) is 0 Å². The summed E-state index contributed by atoms with van der Waals surface area (Å²) in [5.41, 5.74) is 3.65. The number of hydrogen-bond donors (Lipinski definition) is 0. The van der Waals surface area contributed by atoms with Crippen molar-refractivity contribution in [2.45, 2.75) is 32.0 Å². The first-order valence-electron chi connectivity index (χ1n) is 7.92. The van der Waals surface area contributed by atoms with Crippen molar-refractivity contribution in [1.29, 1.82) is 0 Å². The maximum Gasteiger partial charge on any atom is 0.252 e. The van der Waals surface area contributed by atoms with Crippen molar-refractivity contribution in [2.75, 3.05) is 0 Å². The van der Waals surface area contributed by atoms with Gasteiger partial charge >= 0.3 is 0 Å². The van der Waals surface area contributed by atoms with Crippen LogP contribution in [0.15, 0.2) is 54.6 Å². The fourth-order valence-corrected chi connectivity index (χ4v) is 4.01. The van der Waals surface area contributed by atoms with E-state index in [4.69, 9.17) is 12.2 Å². The van der Waals surface area contributed by atoms with Crippen LogP contribution >= 0.6 is 12.2 Å². The molecule has 1 saturated heterocycles. The number of benzene rings is 2. The molecule has 1 amide bonds. The highest BCUT2D eigenvalue weighted by Gasteiger charge is 2.46. The van der Waals surface area contributed by atoms with Gasteiger partial charge in [-0.05, 0) is 35.8 Å². The molecule has 2 heterocycles. The van der Waals surface area contributed by atoms with Crippen LogP contribution in [0, 0.1) is 0 Å². The van der Waals surface area contributed by atoms with Gasteiger partial charge in [-0.1, -0.05) is 54.6 Å². The molecule has 4 heteroatoms. The second kappa shape index (κ2) is 5.46. The van der Waals surface area contributed by atoms with Crippen molar-refractivity contribution in [3.05, 3.63) is 71.3 Å². The lowest BCUT2D eigenvalue weighted by atomic mass is 9.95. The topological polar surface area (TPSA) is 23.6 Å². The van der Waals surface area contributed by atoms with Crippen LogP contribution in [0.3, 0.4) is 0 Å². The van der Waals surface area contributed by atoms with Gasteiger partial charge in [0.25, 0.3) is 5.91 Å². The molecule has 116 valence electrons. The molecule has 23 heavy (non-hydrogen) atoms. The van der Waals surface area contributed by atoms with E-state index >= 15 is 0 Å². The molecule has 3 nitrogen and oxygen atoms in total. The second-order valence-electron chi connectivity index (χ2n) is 6.19. The fourth-order valence-electron chi connectivity index (χ4n) is 3.58. The lowest BCUT2D eigenvalue weighted by molar-refractivity contribution is -0.129.